The van der Waals surface area contributed by atoms with Gasteiger partial charge in [-0.15, -0.1) is 0 Å². The number of quaternary nitrogens is 1. The standard InChI is InChI=1S/C15H24N2/c1-16-10-9-14-5-7-15(8-6-14)13-17-11-3-2-4-12-17/h5-8H,1-4,9-13,16H2. The van der Waals surface area contributed by atoms with Crippen molar-refractivity contribution in [3.05, 3.63) is 42.4 Å². The van der Waals surface area contributed by atoms with Crippen molar-refractivity contribution in [3.8, 4) is 0 Å². The summed E-state index contributed by atoms with van der Waals surface area (Å²) in [6, 6.07) is 9.10. The minimum atomic E-state index is 1.07. The number of benzene rings is 1. The Morgan fingerprint density at radius 3 is 2.29 bits per heavy atom. The molecule has 0 bridgehead atoms. The van der Waals surface area contributed by atoms with Crippen LogP contribution in [0.25, 0.3) is 0 Å². The van der Waals surface area contributed by atoms with Gasteiger partial charge in [0.1, 0.15) is 0 Å². The van der Waals surface area contributed by atoms with E-state index in [4.69, 9.17) is 0 Å². The predicted molar refractivity (Wildman–Crippen MR) is 71.4 cm³/mol. The Balaban J connectivity index is 1.84. The lowest BCUT2D eigenvalue weighted by Gasteiger charge is -2.26. The Kier molecular flexibility index (Phi) is 5.02. The fraction of sp³-hybridized carbons (Fsp3) is 0.533. The van der Waals surface area contributed by atoms with Crippen molar-refractivity contribution < 1.29 is 5.32 Å². The molecule has 1 aliphatic rings. The molecule has 0 atom stereocenters. The van der Waals surface area contributed by atoms with Crippen LogP contribution in [0, 0.1) is 7.05 Å². The fourth-order valence-electron chi connectivity index (χ4n) is 2.46. The molecule has 2 heteroatoms. The molecule has 1 aromatic carbocycles. The van der Waals surface area contributed by atoms with Gasteiger partial charge in [-0.2, -0.15) is 7.05 Å². The Hall–Kier alpha value is -0.860. The Morgan fingerprint density at radius 1 is 1.00 bits per heavy atom. The lowest BCUT2D eigenvalue weighted by molar-refractivity contribution is -0.594. The first-order chi connectivity index (χ1) is 8.38. The minimum absolute atomic E-state index is 1.07. The molecular formula is C15H24N2. The number of likely N-dealkylation sites (tertiary alicyclic amines) is 1. The first-order valence-corrected chi connectivity index (χ1v) is 6.79. The van der Waals surface area contributed by atoms with Crippen LogP contribution in [-0.4, -0.2) is 24.5 Å². The molecule has 1 aromatic rings. The van der Waals surface area contributed by atoms with Gasteiger partial charge in [-0.25, -0.2) is 0 Å². The molecule has 1 saturated heterocycles. The molecule has 1 heterocycles. The van der Waals surface area contributed by atoms with Crippen LogP contribution in [-0.2, 0) is 13.0 Å². The third kappa shape index (κ3) is 4.14. The Bertz CT molecular complexity index is 312. The second-order valence-electron chi connectivity index (χ2n) is 4.98. The van der Waals surface area contributed by atoms with Crippen molar-refractivity contribution in [2.24, 2.45) is 0 Å². The molecule has 1 aliphatic heterocycles. The van der Waals surface area contributed by atoms with E-state index in [-0.39, 0.29) is 0 Å². The van der Waals surface area contributed by atoms with E-state index in [1.54, 1.807) is 0 Å². The van der Waals surface area contributed by atoms with Crippen molar-refractivity contribution in [2.75, 3.05) is 19.6 Å². The summed E-state index contributed by atoms with van der Waals surface area (Å²) in [5, 5.41) is 1.99. The smallest absolute Gasteiger partial charge is 0.0556 e. The van der Waals surface area contributed by atoms with E-state index >= 15 is 0 Å². The number of nitrogens with zero attached hydrogens (tertiary/aromatic N) is 1. The second-order valence-corrected chi connectivity index (χ2v) is 4.98. The summed E-state index contributed by atoms with van der Waals surface area (Å²) in [4.78, 5) is 2.57. The monoisotopic (exact) mass is 232 g/mol. The third-order valence-electron chi connectivity index (χ3n) is 3.51. The van der Waals surface area contributed by atoms with Crippen LogP contribution >= 0.6 is 0 Å². The minimum Gasteiger partial charge on any atom is -0.479 e. The second kappa shape index (κ2) is 6.77. The van der Waals surface area contributed by atoms with E-state index in [9.17, 15) is 0 Å². The summed E-state index contributed by atoms with van der Waals surface area (Å²) in [6.07, 6.45) is 5.28. The highest BCUT2D eigenvalue weighted by molar-refractivity contribution is 5.22. The van der Waals surface area contributed by atoms with Crippen molar-refractivity contribution in [1.82, 2.24) is 4.90 Å². The normalized spacial score (nSPS) is 17.2. The number of nitrogens with two attached hydrogens (primary N) is 1. The molecule has 0 radical (unpaired) electrons. The molecule has 0 aromatic heterocycles. The maximum Gasteiger partial charge on any atom is 0.0556 e. The number of hydrogen-bond acceptors (Lipinski definition) is 1. The van der Waals surface area contributed by atoms with Crippen LogP contribution in [0.3, 0.4) is 0 Å². The lowest BCUT2D eigenvalue weighted by Crippen LogP contribution is -2.77. The molecule has 17 heavy (non-hydrogen) atoms. The Morgan fingerprint density at radius 2 is 1.65 bits per heavy atom. The van der Waals surface area contributed by atoms with E-state index in [0.717, 1.165) is 19.5 Å². The largest absolute Gasteiger partial charge is 0.479 e. The molecular weight excluding hydrogens is 208 g/mol. The molecule has 1 fully saturated rings. The summed E-state index contributed by atoms with van der Waals surface area (Å²) in [6.45, 7) is 4.75. The average Bonchev–Trinajstić information content (AvgIpc) is 2.39. The summed E-state index contributed by atoms with van der Waals surface area (Å²) in [7, 11) is 3.76. The van der Waals surface area contributed by atoms with Crippen LogP contribution < -0.4 is 5.32 Å². The van der Waals surface area contributed by atoms with E-state index in [1.807, 2.05) is 5.32 Å². The molecule has 2 rings (SSSR count). The van der Waals surface area contributed by atoms with Crippen molar-refractivity contribution in [2.45, 2.75) is 32.2 Å². The fourth-order valence-corrected chi connectivity index (χ4v) is 2.46. The van der Waals surface area contributed by atoms with Gasteiger partial charge in [0.25, 0.3) is 0 Å². The Labute approximate surface area is 105 Å². The highest BCUT2D eigenvalue weighted by Crippen LogP contribution is 2.13. The van der Waals surface area contributed by atoms with E-state index in [2.05, 4.69) is 36.2 Å². The number of hydrogen-bond donors (Lipinski definition) is 1. The van der Waals surface area contributed by atoms with Gasteiger partial charge >= 0.3 is 0 Å². The molecule has 2 nitrogen and oxygen atoms in total. The highest BCUT2D eigenvalue weighted by Gasteiger charge is 2.09. The van der Waals surface area contributed by atoms with Crippen molar-refractivity contribution >= 4 is 0 Å². The molecule has 0 unspecified atom stereocenters. The van der Waals surface area contributed by atoms with Gasteiger partial charge in [-0.1, -0.05) is 30.7 Å². The van der Waals surface area contributed by atoms with Crippen LogP contribution in [0.2, 0.25) is 0 Å². The van der Waals surface area contributed by atoms with Crippen molar-refractivity contribution in [1.29, 1.82) is 0 Å². The topological polar surface area (TPSA) is 19.9 Å². The zero-order valence-electron chi connectivity index (χ0n) is 10.7. The zero-order chi connectivity index (χ0) is 11.9. The van der Waals surface area contributed by atoms with Gasteiger partial charge in [-0.05, 0) is 37.1 Å². The summed E-state index contributed by atoms with van der Waals surface area (Å²) >= 11 is 0. The summed E-state index contributed by atoms with van der Waals surface area (Å²) in [5.41, 5.74) is 2.88. The first-order valence-electron chi connectivity index (χ1n) is 6.79. The summed E-state index contributed by atoms with van der Waals surface area (Å²) < 4.78 is 0. The molecule has 0 amide bonds. The number of piperidine rings is 1. The quantitative estimate of drug-likeness (QED) is 0.764. The van der Waals surface area contributed by atoms with Crippen LogP contribution in [0.15, 0.2) is 24.3 Å². The van der Waals surface area contributed by atoms with Gasteiger partial charge < -0.3 is 5.32 Å². The van der Waals surface area contributed by atoms with Crippen molar-refractivity contribution in [3.63, 3.8) is 0 Å². The molecule has 94 valence electrons. The maximum absolute atomic E-state index is 3.76. The molecule has 0 spiro atoms. The molecule has 2 N–H and O–H groups in total. The van der Waals surface area contributed by atoms with Gasteiger partial charge in [-0.3, -0.25) is 4.90 Å². The predicted octanol–water partition coefficient (Wildman–Crippen LogP) is 1.57. The number of rotatable bonds is 5. The maximum atomic E-state index is 3.76. The van der Waals surface area contributed by atoms with E-state index in [0.29, 0.717) is 0 Å². The van der Waals surface area contributed by atoms with Crippen LogP contribution in [0.4, 0.5) is 0 Å². The highest BCUT2D eigenvalue weighted by atomic mass is 15.1. The first kappa shape index (κ1) is 12.6. The zero-order valence-corrected chi connectivity index (χ0v) is 10.7. The summed E-state index contributed by atoms with van der Waals surface area (Å²) in [5.74, 6) is 0. The third-order valence-corrected chi connectivity index (χ3v) is 3.51. The van der Waals surface area contributed by atoms with Gasteiger partial charge in [0.15, 0.2) is 0 Å². The SMILES string of the molecule is [CH2-][NH2+]CCc1ccc(CN2CCCCC2)cc1. The van der Waals surface area contributed by atoms with Gasteiger partial charge in [0, 0.05) is 13.0 Å². The molecule has 0 saturated carbocycles. The van der Waals surface area contributed by atoms with E-state index in [1.165, 1.54) is 43.5 Å². The average molecular weight is 232 g/mol. The van der Waals surface area contributed by atoms with Gasteiger partial charge in [0.05, 0.1) is 6.54 Å². The van der Waals surface area contributed by atoms with Crippen LogP contribution in [0.5, 0.6) is 0 Å². The van der Waals surface area contributed by atoms with E-state index < -0.39 is 0 Å². The lowest BCUT2D eigenvalue weighted by atomic mass is 10.1. The molecule has 0 aliphatic carbocycles. The van der Waals surface area contributed by atoms with Crippen LogP contribution in [0.1, 0.15) is 30.4 Å². The van der Waals surface area contributed by atoms with Gasteiger partial charge in [0.2, 0.25) is 0 Å².